The van der Waals surface area contributed by atoms with Crippen LogP contribution in [0.3, 0.4) is 0 Å². The lowest BCUT2D eigenvalue weighted by molar-refractivity contribution is -0.116. The van der Waals surface area contributed by atoms with Gasteiger partial charge in [-0.3, -0.25) is 19.4 Å². The molecule has 0 aliphatic carbocycles. The maximum absolute atomic E-state index is 13.0. The lowest BCUT2D eigenvalue weighted by Gasteiger charge is -2.14. The van der Waals surface area contributed by atoms with Crippen molar-refractivity contribution in [1.29, 1.82) is 0 Å². The van der Waals surface area contributed by atoms with Crippen LogP contribution in [0.5, 0.6) is 0 Å². The molecule has 8 nitrogen and oxygen atoms in total. The predicted octanol–water partition coefficient (Wildman–Crippen LogP) is 3.83. The molecule has 1 atom stereocenters. The zero-order valence-corrected chi connectivity index (χ0v) is 18.3. The van der Waals surface area contributed by atoms with Crippen LogP contribution in [0, 0.1) is 5.82 Å². The van der Waals surface area contributed by atoms with E-state index in [0.29, 0.717) is 29.8 Å². The van der Waals surface area contributed by atoms with Gasteiger partial charge in [0, 0.05) is 17.7 Å². The molecule has 166 valence electrons. The molecule has 2 amide bonds. The Morgan fingerprint density at radius 1 is 1.06 bits per heavy atom. The summed E-state index contributed by atoms with van der Waals surface area (Å²) < 4.78 is 13.0. The monoisotopic (exact) mass is 455 g/mol. The topological polar surface area (TPSA) is 117 Å². The molecule has 0 radical (unpaired) electrons. The SMILES string of the molecule is CCC(=O)Nc1ccccc1-c1nnc(S[C@@H](CC)C(=O)Nc2ccc(F)cc2)[nH]c1=O. The fourth-order valence-corrected chi connectivity index (χ4v) is 3.64. The van der Waals surface area contributed by atoms with E-state index in [9.17, 15) is 18.8 Å². The molecule has 0 bridgehead atoms. The third kappa shape index (κ3) is 5.79. The fraction of sp³-hybridized carbons (Fsp3) is 0.227. The van der Waals surface area contributed by atoms with Crippen LogP contribution in [0.15, 0.2) is 58.5 Å². The minimum Gasteiger partial charge on any atom is -0.325 e. The number of nitrogens with one attached hydrogen (secondary N) is 3. The lowest BCUT2D eigenvalue weighted by atomic mass is 10.1. The highest BCUT2D eigenvalue weighted by Crippen LogP contribution is 2.26. The van der Waals surface area contributed by atoms with Gasteiger partial charge in [0.2, 0.25) is 11.8 Å². The van der Waals surface area contributed by atoms with Gasteiger partial charge in [0.05, 0.1) is 10.9 Å². The van der Waals surface area contributed by atoms with E-state index in [1.165, 1.54) is 24.3 Å². The molecule has 0 unspecified atom stereocenters. The van der Waals surface area contributed by atoms with Gasteiger partial charge in [0.25, 0.3) is 5.56 Å². The summed E-state index contributed by atoms with van der Waals surface area (Å²) in [5.74, 6) is -0.886. The van der Waals surface area contributed by atoms with E-state index < -0.39 is 16.6 Å². The maximum atomic E-state index is 13.0. The van der Waals surface area contributed by atoms with E-state index in [-0.39, 0.29) is 22.7 Å². The zero-order chi connectivity index (χ0) is 23.1. The van der Waals surface area contributed by atoms with E-state index in [4.69, 9.17) is 0 Å². The number of hydrogen-bond donors (Lipinski definition) is 3. The number of carbonyl (C=O) groups excluding carboxylic acids is 2. The first kappa shape index (κ1) is 23.1. The number of hydrogen-bond acceptors (Lipinski definition) is 6. The molecule has 1 aromatic heterocycles. The van der Waals surface area contributed by atoms with Crippen LogP contribution in [0.4, 0.5) is 15.8 Å². The van der Waals surface area contributed by atoms with Crippen LogP contribution in [0.25, 0.3) is 11.3 Å². The van der Waals surface area contributed by atoms with Gasteiger partial charge in [0.15, 0.2) is 10.9 Å². The van der Waals surface area contributed by atoms with Gasteiger partial charge in [-0.25, -0.2) is 4.39 Å². The minimum atomic E-state index is -0.549. The molecule has 1 heterocycles. The normalized spacial score (nSPS) is 11.6. The minimum absolute atomic E-state index is 0.0603. The Bertz CT molecular complexity index is 1170. The lowest BCUT2D eigenvalue weighted by Crippen LogP contribution is -2.25. The second-order valence-electron chi connectivity index (χ2n) is 6.77. The van der Waals surface area contributed by atoms with Crippen LogP contribution in [-0.2, 0) is 9.59 Å². The number of thioether (sulfide) groups is 1. The van der Waals surface area contributed by atoms with E-state index in [1.54, 1.807) is 31.2 Å². The summed E-state index contributed by atoms with van der Waals surface area (Å²) >= 11 is 1.07. The standard InChI is InChI=1S/C22H22FN5O3S/c1-3-17(20(30)24-14-11-9-13(23)10-12-14)32-22-26-21(31)19(27-28-22)15-7-5-6-8-16(15)25-18(29)4-2/h5-12,17H,3-4H2,1-2H3,(H,24,30)(H,25,29)(H,26,28,31)/t17-/m0/s1. The fourth-order valence-electron chi connectivity index (χ4n) is 2.80. The first-order valence-corrected chi connectivity index (χ1v) is 10.9. The molecule has 2 aromatic carbocycles. The average Bonchev–Trinajstić information content (AvgIpc) is 2.79. The van der Waals surface area contributed by atoms with Gasteiger partial charge in [0.1, 0.15) is 5.82 Å². The Morgan fingerprint density at radius 2 is 1.78 bits per heavy atom. The Hall–Kier alpha value is -3.53. The van der Waals surface area contributed by atoms with Crippen molar-refractivity contribution in [3.05, 3.63) is 64.7 Å². The van der Waals surface area contributed by atoms with Crippen LogP contribution in [-0.4, -0.2) is 32.2 Å². The number of halogens is 1. The Balaban J connectivity index is 1.77. The highest BCUT2D eigenvalue weighted by molar-refractivity contribution is 8.00. The molecule has 0 saturated carbocycles. The molecule has 0 aliphatic heterocycles. The van der Waals surface area contributed by atoms with Crippen molar-refractivity contribution < 1.29 is 14.0 Å². The van der Waals surface area contributed by atoms with Gasteiger partial charge in [-0.1, -0.05) is 43.8 Å². The Labute approximate surface area is 188 Å². The van der Waals surface area contributed by atoms with Crippen LogP contribution >= 0.6 is 11.8 Å². The number of anilines is 2. The first-order valence-electron chi connectivity index (χ1n) is 10.0. The van der Waals surface area contributed by atoms with Gasteiger partial charge >= 0.3 is 0 Å². The highest BCUT2D eigenvalue weighted by Gasteiger charge is 2.21. The molecule has 0 aliphatic rings. The molecule has 0 saturated heterocycles. The highest BCUT2D eigenvalue weighted by atomic mass is 32.2. The summed E-state index contributed by atoms with van der Waals surface area (Å²) in [7, 11) is 0. The number of H-pyrrole nitrogens is 1. The summed E-state index contributed by atoms with van der Waals surface area (Å²) in [6, 6.07) is 12.3. The van der Waals surface area contributed by atoms with Gasteiger partial charge < -0.3 is 10.6 Å². The Morgan fingerprint density at radius 3 is 2.44 bits per heavy atom. The number of rotatable bonds is 8. The van der Waals surface area contributed by atoms with Crippen molar-refractivity contribution in [3.63, 3.8) is 0 Å². The number of aromatic nitrogens is 3. The summed E-state index contributed by atoms with van der Waals surface area (Å²) in [5.41, 5.74) is 0.945. The second-order valence-corrected chi connectivity index (χ2v) is 7.96. The first-order chi connectivity index (χ1) is 15.4. The average molecular weight is 456 g/mol. The van der Waals surface area contributed by atoms with Crippen molar-refractivity contribution in [2.45, 2.75) is 37.1 Å². The van der Waals surface area contributed by atoms with Crippen molar-refractivity contribution in [2.75, 3.05) is 10.6 Å². The number of benzene rings is 2. The van der Waals surface area contributed by atoms with Crippen molar-refractivity contribution >= 4 is 35.0 Å². The smallest absolute Gasteiger partial charge is 0.278 e. The number of amides is 2. The molecule has 3 N–H and O–H groups in total. The number of carbonyl (C=O) groups is 2. The molecule has 3 rings (SSSR count). The summed E-state index contributed by atoms with van der Waals surface area (Å²) in [6.45, 7) is 3.56. The van der Waals surface area contributed by atoms with Crippen LogP contribution < -0.4 is 16.2 Å². The molecule has 32 heavy (non-hydrogen) atoms. The van der Waals surface area contributed by atoms with Gasteiger partial charge in [-0.15, -0.1) is 10.2 Å². The molecule has 3 aromatic rings. The maximum Gasteiger partial charge on any atom is 0.278 e. The molecular formula is C22H22FN5O3S. The van der Waals surface area contributed by atoms with Crippen molar-refractivity contribution in [2.24, 2.45) is 0 Å². The quantitative estimate of drug-likeness (QED) is 0.445. The summed E-state index contributed by atoms with van der Waals surface area (Å²) in [5, 5.41) is 13.2. The summed E-state index contributed by atoms with van der Waals surface area (Å²) in [4.78, 5) is 39.7. The van der Waals surface area contributed by atoms with Crippen LogP contribution in [0.1, 0.15) is 26.7 Å². The van der Waals surface area contributed by atoms with Gasteiger partial charge in [-0.2, -0.15) is 0 Å². The van der Waals surface area contributed by atoms with Gasteiger partial charge in [-0.05, 0) is 36.8 Å². The number of para-hydroxylation sites is 1. The van der Waals surface area contributed by atoms with E-state index in [1.807, 2.05) is 6.92 Å². The molecular weight excluding hydrogens is 433 g/mol. The third-order valence-corrected chi connectivity index (χ3v) is 5.72. The molecule has 10 heteroatoms. The zero-order valence-electron chi connectivity index (χ0n) is 17.5. The van der Waals surface area contributed by atoms with E-state index in [2.05, 4.69) is 25.8 Å². The molecule has 0 fully saturated rings. The van der Waals surface area contributed by atoms with Crippen molar-refractivity contribution in [3.8, 4) is 11.3 Å². The van der Waals surface area contributed by atoms with Crippen molar-refractivity contribution in [1.82, 2.24) is 15.2 Å². The number of nitrogens with zero attached hydrogens (tertiary/aromatic N) is 2. The predicted molar refractivity (Wildman–Crippen MR) is 122 cm³/mol. The van der Waals surface area contributed by atoms with Crippen LogP contribution in [0.2, 0.25) is 0 Å². The largest absolute Gasteiger partial charge is 0.325 e. The number of aromatic amines is 1. The van der Waals surface area contributed by atoms with E-state index in [0.717, 1.165) is 11.8 Å². The third-order valence-electron chi connectivity index (χ3n) is 4.48. The summed E-state index contributed by atoms with van der Waals surface area (Å²) in [6.07, 6.45) is 0.763. The Kier molecular flexibility index (Phi) is 7.72. The second kappa shape index (κ2) is 10.7. The van der Waals surface area contributed by atoms with E-state index >= 15 is 0 Å². The molecule has 0 spiro atoms.